The number of benzene rings is 2. The van der Waals surface area contributed by atoms with Gasteiger partial charge in [0, 0.05) is 37.9 Å². The monoisotopic (exact) mass is 414 g/mol. The van der Waals surface area contributed by atoms with Crippen molar-refractivity contribution in [1.82, 2.24) is 9.88 Å². The minimum atomic E-state index is -0.322. The number of hydrogen-bond donors (Lipinski definition) is 0. The molecule has 0 N–H and O–H groups in total. The van der Waals surface area contributed by atoms with Crippen LogP contribution in [0.5, 0.6) is 0 Å². The van der Waals surface area contributed by atoms with Crippen LogP contribution in [-0.2, 0) is 22.4 Å². The average Bonchev–Trinajstić information content (AvgIpc) is 3.28. The van der Waals surface area contributed by atoms with E-state index >= 15 is 0 Å². The summed E-state index contributed by atoms with van der Waals surface area (Å²) in [7, 11) is 0. The molecule has 31 heavy (non-hydrogen) atoms. The van der Waals surface area contributed by atoms with Crippen molar-refractivity contribution in [3.8, 4) is 0 Å². The van der Waals surface area contributed by atoms with Crippen LogP contribution < -0.4 is 0 Å². The number of likely N-dealkylation sites (tertiary alicyclic amines) is 1. The van der Waals surface area contributed by atoms with Crippen molar-refractivity contribution in [1.29, 1.82) is 0 Å². The normalized spacial score (nSPS) is 20.8. The molecule has 0 saturated carbocycles. The van der Waals surface area contributed by atoms with Gasteiger partial charge in [0.05, 0.1) is 10.9 Å². The first-order chi connectivity index (χ1) is 15.2. The molecule has 2 fully saturated rings. The third-order valence-electron chi connectivity index (χ3n) is 7.11. The van der Waals surface area contributed by atoms with Gasteiger partial charge in [-0.1, -0.05) is 48.5 Å². The topological polar surface area (TPSA) is 42.4 Å². The molecule has 160 valence electrons. The number of aromatic nitrogens is 1. The van der Waals surface area contributed by atoms with Crippen molar-refractivity contribution in [3.05, 3.63) is 78.0 Å². The molecule has 2 aliphatic heterocycles. The van der Waals surface area contributed by atoms with Crippen LogP contribution in [-0.4, -0.2) is 42.1 Å². The third kappa shape index (κ3) is 4.22. The van der Waals surface area contributed by atoms with E-state index in [9.17, 15) is 4.79 Å². The second kappa shape index (κ2) is 8.80. The van der Waals surface area contributed by atoms with Gasteiger partial charge < -0.3 is 9.64 Å². The summed E-state index contributed by atoms with van der Waals surface area (Å²) in [6.45, 7) is 3.08. The largest absolute Gasteiger partial charge is 0.381 e. The summed E-state index contributed by atoms with van der Waals surface area (Å²) >= 11 is 0. The molecule has 0 spiro atoms. The van der Waals surface area contributed by atoms with Gasteiger partial charge in [-0.2, -0.15) is 0 Å². The van der Waals surface area contributed by atoms with Gasteiger partial charge in [-0.15, -0.1) is 0 Å². The predicted octanol–water partition coefficient (Wildman–Crippen LogP) is 4.67. The molecule has 5 rings (SSSR count). The molecule has 1 atom stereocenters. The molecule has 0 bridgehead atoms. The van der Waals surface area contributed by atoms with Crippen molar-refractivity contribution in [3.63, 3.8) is 0 Å². The standard InChI is InChI=1S/C27H30N2O2/c30-26(27(12-16-31-17-13-27)19-21-6-2-1-3-7-21)29-15-11-22(20-29)18-23-8-4-10-25-24(23)9-5-14-28-25/h1-10,14,22H,11-13,15-20H2. The minimum absolute atomic E-state index is 0.322. The molecule has 2 aliphatic rings. The van der Waals surface area contributed by atoms with Gasteiger partial charge in [0.25, 0.3) is 0 Å². The maximum atomic E-state index is 13.8. The van der Waals surface area contributed by atoms with Crippen LogP contribution in [0.3, 0.4) is 0 Å². The number of fused-ring (bicyclic) bond motifs is 1. The molecule has 1 unspecified atom stereocenters. The second-order valence-corrected chi connectivity index (χ2v) is 9.15. The number of rotatable bonds is 5. The van der Waals surface area contributed by atoms with Gasteiger partial charge in [-0.25, -0.2) is 0 Å². The molecule has 4 nitrogen and oxygen atoms in total. The van der Waals surface area contributed by atoms with E-state index < -0.39 is 0 Å². The van der Waals surface area contributed by atoms with Gasteiger partial charge in [0.1, 0.15) is 0 Å². The number of hydrogen-bond acceptors (Lipinski definition) is 3. The zero-order valence-corrected chi connectivity index (χ0v) is 18.0. The first-order valence-corrected chi connectivity index (χ1v) is 11.5. The highest BCUT2D eigenvalue weighted by atomic mass is 16.5. The van der Waals surface area contributed by atoms with Crippen molar-refractivity contribution < 1.29 is 9.53 Å². The molecular weight excluding hydrogens is 384 g/mol. The predicted molar refractivity (Wildman–Crippen MR) is 123 cm³/mol. The van der Waals surface area contributed by atoms with Gasteiger partial charge >= 0.3 is 0 Å². The molecule has 1 amide bonds. The fourth-order valence-corrected chi connectivity index (χ4v) is 5.39. The SMILES string of the molecule is O=C(N1CCC(Cc2cccc3ncccc23)C1)C1(Cc2ccccc2)CCOCC1. The van der Waals surface area contributed by atoms with Crippen LogP contribution in [0.15, 0.2) is 66.9 Å². The van der Waals surface area contributed by atoms with Gasteiger partial charge in [-0.05, 0) is 61.3 Å². The Balaban J connectivity index is 1.31. The lowest BCUT2D eigenvalue weighted by Crippen LogP contribution is -2.47. The number of nitrogens with zero attached hydrogens (tertiary/aromatic N) is 2. The van der Waals surface area contributed by atoms with E-state index in [1.165, 1.54) is 16.5 Å². The van der Waals surface area contributed by atoms with Gasteiger partial charge in [0.15, 0.2) is 0 Å². The van der Waals surface area contributed by atoms with Crippen molar-refractivity contribution in [2.75, 3.05) is 26.3 Å². The molecule has 0 aliphatic carbocycles. The Morgan fingerprint density at radius 2 is 1.87 bits per heavy atom. The van der Waals surface area contributed by atoms with E-state index in [4.69, 9.17) is 4.74 Å². The number of ether oxygens (including phenoxy) is 1. The lowest BCUT2D eigenvalue weighted by molar-refractivity contribution is -0.147. The van der Waals surface area contributed by atoms with Crippen LogP contribution in [0, 0.1) is 11.3 Å². The first-order valence-electron chi connectivity index (χ1n) is 11.5. The van der Waals surface area contributed by atoms with E-state index in [1.54, 1.807) is 0 Å². The van der Waals surface area contributed by atoms with Crippen LogP contribution in [0.1, 0.15) is 30.4 Å². The highest BCUT2D eigenvalue weighted by Gasteiger charge is 2.44. The van der Waals surface area contributed by atoms with E-state index in [1.807, 2.05) is 18.3 Å². The second-order valence-electron chi connectivity index (χ2n) is 9.15. The lowest BCUT2D eigenvalue weighted by Gasteiger charge is -2.39. The molecule has 3 aromatic rings. The summed E-state index contributed by atoms with van der Waals surface area (Å²) in [6, 6.07) is 21.0. The Morgan fingerprint density at radius 3 is 2.71 bits per heavy atom. The van der Waals surface area contributed by atoms with Crippen LogP contribution >= 0.6 is 0 Å². The Bertz CT molecular complexity index is 1040. The third-order valence-corrected chi connectivity index (χ3v) is 7.11. The zero-order valence-electron chi connectivity index (χ0n) is 18.0. The summed E-state index contributed by atoms with van der Waals surface area (Å²) in [5.74, 6) is 0.838. The first kappa shape index (κ1) is 20.2. The van der Waals surface area contributed by atoms with Crippen LogP contribution in [0.2, 0.25) is 0 Å². The maximum absolute atomic E-state index is 13.8. The van der Waals surface area contributed by atoms with Crippen LogP contribution in [0.25, 0.3) is 10.9 Å². The van der Waals surface area contributed by atoms with Crippen LogP contribution in [0.4, 0.5) is 0 Å². The fraction of sp³-hybridized carbons (Fsp3) is 0.407. The number of pyridine rings is 1. The zero-order chi connectivity index (χ0) is 21.1. The summed E-state index contributed by atoms with van der Waals surface area (Å²) in [5.41, 5.74) is 3.32. The van der Waals surface area contributed by atoms with Crippen molar-refractivity contribution >= 4 is 16.8 Å². The Hall–Kier alpha value is -2.72. The van der Waals surface area contributed by atoms with E-state index in [2.05, 4.69) is 58.4 Å². The van der Waals surface area contributed by atoms with Gasteiger partial charge in [-0.3, -0.25) is 9.78 Å². The number of carbonyl (C=O) groups excluding carboxylic acids is 1. The molecule has 4 heteroatoms. The molecule has 2 aromatic carbocycles. The fourth-order valence-electron chi connectivity index (χ4n) is 5.39. The van der Waals surface area contributed by atoms with Gasteiger partial charge in [0.2, 0.25) is 5.91 Å². The Labute approximate surface area is 184 Å². The summed E-state index contributed by atoms with van der Waals surface area (Å²) < 4.78 is 5.64. The molecule has 1 aromatic heterocycles. The minimum Gasteiger partial charge on any atom is -0.381 e. The van der Waals surface area contributed by atoms with E-state index in [-0.39, 0.29) is 5.41 Å². The highest BCUT2D eigenvalue weighted by molar-refractivity contribution is 5.84. The van der Waals surface area contributed by atoms with E-state index in [0.717, 1.165) is 50.7 Å². The smallest absolute Gasteiger partial charge is 0.229 e. The molecule has 2 saturated heterocycles. The van der Waals surface area contributed by atoms with Crippen molar-refractivity contribution in [2.24, 2.45) is 11.3 Å². The van der Waals surface area contributed by atoms with Crippen molar-refractivity contribution in [2.45, 2.75) is 32.1 Å². The quantitative estimate of drug-likeness (QED) is 0.610. The summed E-state index contributed by atoms with van der Waals surface area (Å²) in [6.07, 6.45) is 6.37. The number of amides is 1. The lowest BCUT2D eigenvalue weighted by atomic mass is 9.74. The molecule has 0 radical (unpaired) electrons. The average molecular weight is 415 g/mol. The summed E-state index contributed by atoms with van der Waals surface area (Å²) in [4.78, 5) is 20.4. The number of carbonyl (C=O) groups is 1. The summed E-state index contributed by atoms with van der Waals surface area (Å²) in [5, 5.41) is 1.24. The maximum Gasteiger partial charge on any atom is 0.229 e. The molecular formula is C27H30N2O2. The van der Waals surface area contributed by atoms with E-state index in [0.29, 0.717) is 25.0 Å². The Morgan fingerprint density at radius 1 is 1.03 bits per heavy atom. The molecule has 3 heterocycles. The highest BCUT2D eigenvalue weighted by Crippen LogP contribution is 2.38. The Kier molecular flexibility index (Phi) is 5.73.